The third-order valence-electron chi connectivity index (χ3n) is 7.19. The molecule has 1 fully saturated rings. The van der Waals surface area contributed by atoms with Crippen LogP contribution in [0.4, 0.5) is 5.82 Å². The van der Waals surface area contributed by atoms with Gasteiger partial charge in [0.25, 0.3) is 0 Å². The first-order chi connectivity index (χ1) is 18.5. The summed E-state index contributed by atoms with van der Waals surface area (Å²) >= 11 is 1.63. The summed E-state index contributed by atoms with van der Waals surface area (Å²) in [5, 5.41) is 9.26. The molecule has 0 aromatic carbocycles. The van der Waals surface area contributed by atoms with E-state index >= 15 is 0 Å². The topological polar surface area (TPSA) is 95.7 Å². The van der Waals surface area contributed by atoms with Crippen LogP contribution < -0.4 is 10.2 Å². The van der Waals surface area contributed by atoms with E-state index in [1.54, 1.807) is 29.1 Å². The summed E-state index contributed by atoms with van der Waals surface area (Å²) in [5.41, 5.74) is 3.51. The standard InChI is InChI=1S/C28H33N7O2S/c1-4-33(5-2)12-6-8-24(36)19-16-22(31-26(17-19)34-13-11-23(34)28(37)29-3)20-18-30-35-14-10-21(32-27(20)35)25-9-7-15-38-25/h7,9-10,14-18,23H,4-6,8,11-13H2,1-3H3,(H,29,37)/t23-/m0/s1. The average molecular weight is 532 g/mol. The second kappa shape index (κ2) is 11.4. The lowest BCUT2D eigenvalue weighted by Gasteiger charge is -2.40. The van der Waals surface area contributed by atoms with Gasteiger partial charge < -0.3 is 15.1 Å². The first kappa shape index (κ1) is 26.0. The van der Waals surface area contributed by atoms with E-state index in [1.165, 1.54) is 0 Å². The van der Waals surface area contributed by atoms with Gasteiger partial charge in [0.15, 0.2) is 11.4 Å². The summed E-state index contributed by atoms with van der Waals surface area (Å²) in [6.07, 6.45) is 5.63. The maximum atomic E-state index is 13.4. The largest absolute Gasteiger partial charge is 0.357 e. The number of ketones is 1. The normalized spacial score (nSPS) is 15.2. The predicted molar refractivity (Wildman–Crippen MR) is 151 cm³/mol. The molecule has 0 radical (unpaired) electrons. The number of likely N-dealkylation sites (N-methyl/N-ethyl adjacent to an activating group) is 1. The summed E-state index contributed by atoms with van der Waals surface area (Å²) in [7, 11) is 1.64. The molecule has 1 N–H and O–H groups in total. The number of fused-ring (bicyclic) bond motifs is 1. The van der Waals surface area contributed by atoms with Crippen LogP contribution in [0.1, 0.15) is 43.5 Å². The second-order valence-corrected chi connectivity index (χ2v) is 10.3. The number of anilines is 1. The molecule has 1 saturated heterocycles. The highest BCUT2D eigenvalue weighted by atomic mass is 32.1. The molecule has 0 spiro atoms. The highest BCUT2D eigenvalue weighted by Crippen LogP contribution is 2.32. The van der Waals surface area contributed by atoms with Crippen molar-refractivity contribution in [3.63, 3.8) is 0 Å². The number of rotatable bonds is 11. The minimum atomic E-state index is -0.291. The molecule has 0 unspecified atom stereocenters. The smallest absolute Gasteiger partial charge is 0.242 e. The van der Waals surface area contributed by atoms with E-state index < -0.39 is 0 Å². The lowest BCUT2D eigenvalue weighted by molar-refractivity contribution is -0.123. The van der Waals surface area contributed by atoms with Crippen molar-refractivity contribution in [2.45, 2.75) is 39.2 Å². The number of hydrogen-bond acceptors (Lipinski definition) is 8. The Morgan fingerprint density at radius 1 is 1.16 bits per heavy atom. The Balaban J connectivity index is 1.52. The quantitative estimate of drug-likeness (QED) is 0.291. The van der Waals surface area contributed by atoms with Crippen molar-refractivity contribution < 1.29 is 9.59 Å². The van der Waals surface area contributed by atoms with E-state index in [0.717, 1.165) is 48.6 Å². The van der Waals surface area contributed by atoms with E-state index in [9.17, 15) is 9.59 Å². The number of hydrogen-bond donors (Lipinski definition) is 1. The number of Topliss-reactive ketones (excluding diaryl/α,β-unsaturated/α-hetero) is 1. The molecule has 1 aliphatic rings. The van der Waals surface area contributed by atoms with Crippen LogP contribution in [0, 0.1) is 0 Å². The summed E-state index contributed by atoms with van der Waals surface area (Å²) in [4.78, 5) is 41.0. The van der Waals surface area contributed by atoms with Crippen LogP contribution in [0.15, 0.2) is 48.1 Å². The Morgan fingerprint density at radius 3 is 2.68 bits per heavy atom. The van der Waals surface area contributed by atoms with Gasteiger partial charge in [-0.05, 0) is 62.1 Å². The van der Waals surface area contributed by atoms with Gasteiger partial charge in [-0.2, -0.15) is 5.10 Å². The van der Waals surface area contributed by atoms with Gasteiger partial charge in [0.2, 0.25) is 5.91 Å². The lowest BCUT2D eigenvalue weighted by Crippen LogP contribution is -2.56. The molecule has 5 heterocycles. The van der Waals surface area contributed by atoms with E-state index in [4.69, 9.17) is 9.97 Å². The zero-order valence-corrected chi connectivity index (χ0v) is 22.9. The molecule has 4 aromatic rings. The molecular weight excluding hydrogens is 498 g/mol. The third-order valence-corrected chi connectivity index (χ3v) is 8.08. The van der Waals surface area contributed by atoms with Crippen LogP contribution >= 0.6 is 11.3 Å². The molecule has 198 valence electrons. The van der Waals surface area contributed by atoms with Crippen molar-refractivity contribution in [1.82, 2.24) is 29.8 Å². The number of amides is 1. The fourth-order valence-electron chi connectivity index (χ4n) is 4.82. The maximum absolute atomic E-state index is 13.4. The fourth-order valence-corrected chi connectivity index (χ4v) is 5.52. The van der Waals surface area contributed by atoms with Crippen molar-refractivity contribution in [2.24, 2.45) is 0 Å². The third kappa shape index (κ3) is 5.19. The van der Waals surface area contributed by atoms with Crippen molar-refractivity contribution in [3.05, 3.63) is 53.7 Å². The van der Waals surface area contributed by atoms with Gasteiger partial charge in [0.05, 0.1) is 28.0 Å². The van der Waals surface area contributed by atoms with Crippen LogP contribution in [0.2, 0.25) is 0 Å². The highest BCUT2D eigenvalue weighted by molar-refractivity contribution is 7.13. The second-order valence-electron chi connectivity index (χ2n) is 9.38. The van der Waals surface area contributed by atoms with Gasteiger partial charge in [-0.25, -0.2) is 14.5 Å². The fraction of sp³-hybridized carbons (Fsp3) is 0.393. The molecule has 0 bridgehead atoms. The zero-order chi connectivity index (χ0) is 26.6. The number of aromatic nitrogens is 4. The van der Waals surface area contributed by atoms with Gasteiger partial charge in [-0.3, -0.25) is 9.59 Å². The highest BCUT2D eigenvalue weighted by Gasteiger charge is 2.35. The average Bonchev–Trinajstić information content (AvgIpc) is 3.60. The first-order valence-corrected chi connectivity index (χ1v) is 14.0. The van der Waals surface area contributed by atoms with E-state index in [-0.39, 0.29) is 17.7 Å². The van der Waals surface area contributed by atoms with Crippen LogP contribution in [-0.2, 0) is 4.79 Å². The van der Waals surface area contributed by atoms with Gasteiger partial charge in [0.1, 0.15) is 11.9 Å². The Morgan fingerprint density at radius 2 is 2.00 bits per heavy atom. The number of nitrogens with zero attached hydrogens (tertiary/aromatic N) is 6. The number of thiophene rings is 1. The zero-order valence-electron chi connectivity index (χ0n) is 22.1. The van der Waals surface area contributed by atoms with Crippen molar-refractivity contribution in [2.75, 3.05) is 38.1 Å². The Bertz CT molecular complexity index is 1430. The Hall–Kier alpha value is -3.63. The molecule has 0 saturated carbocycles. The van der Waals surface area contributed by atoms with Crippen molar-refractivity contribution in [3.8, 4) is 21.8 Å². The van der Waals surface area contributed by atoms with E-state index in [1.807, 2.05) is 46.8 Å². The molecule has 0 aliphatic carbocycles. The van der Waals surface area contributed by atoms with Gasteiger partial charge in [0, 0.05) is 31.8 Å². The monoisotopic (exact) mass is 531 g/mol. The van der Waals surface area contributed by atoms with Gasteiger partial charge in [-0.1, -0.05) is 19.9 Å². The molecule has 1 atom stereocenters. The molecular formula is C28H33N7O2S. The summed E-state index contributed by atoms with van der Waals surface area (Å²) in [6, 6.07) is 9.36. The van der Waals surface area contributed by atoms with Gasteiger partial charge >= 0.3 is 0 Å². The molecule has 1 amide bonds. The molecule has 9 nitrogen and oxygen atoms in total. The molecule has 4 aromatic heterocycles. The van der Waals surface area contributed by atoms with Crippen LogP contribution in [0.25, 0.3) is 27.5 Å². The van der Waals surface area contributed by atoms with Crippen LogP contribution in [0.5, 0.6) is 0 Å². The van der Waals surface area contributed by atoms with Crippen molar-refractivity contribution in [1.29, 1.82) is 0 Å². The first-order valence-electron chi connectivity index (χ1n) is 13.2. The maximum Gasteiger partial charge on any atom is 0.242 e. The van der Waals surface area contributed by atoms with Crippen LogP contribution in [0.3, 0.4) is 0 Å². The number of carbonyl (C=O) groups is 2. The van der Waals surface area contributed by atoms with Crippen LogP contribution in [-0.4, -0.2) is 75.4 Å². The molecule has 1 aliphatic heterocycles. The summed E-state index contributed by atoms with van der Waals surface area (Å²) in [6.45, 7) is 7.81. The molecule has 38 heavy (non-hydrogen) atoms. The number of nitrogens with one attached hydrogen (secondary N) is 1. The van der Waals surface area contributed by atoms with Crippen molar-refractivity contribution >= 4 is 34.5 Å². The Labute approximate surface area is 226 Å². The predicted octanol–water partition coefficient (Wildman–Crippen LogP) is 4.15. The molecule has 10 heteroatoms. The summed E-state index contributed by atoms with van der Waals surface area (Å²) in [5.74, 6) is 0.653. The van der Waals surface area contributed by atoms with E-state index in [2.05, 4.69) is 29.2 Å². The molecule has 5 rings (SSSR count). The SMILES string of the molecule is CCN(CC)CCCC(=O)c1cc(-c2cnn3ccc(-c4cccs4)nc23)nc(N2CC[C@H]2C(=O)NC)c1. The minimum absolute atomic E-state index is 0.0474. The Kier molecular flexibility index (Phi) is 7.80. The number of pyridine rings is 1. The minimum Gasteiger partial charge on any atom is -0.357 e. The van der Waals surface area contributed by atoms with E-state index in [0.29, 0.717) is 35.7 Å². The summed E-state index contributed by atoms with van der Waals surface area (Å²) < 4.78 is 1.73. The number of carbonyl (C=O) groups excluding carboxylic acids is 2. The van der Waals surface area contributed by atoms with Gasteiger partial charge in [-0.15, -0.1) is 11.3 Å². The lowest BCUT2D eigenvalue weighted by atomic mass is 10.00.